The van der Waals surface area contributed by atoms with E-state index in [0.29, 0.717) is 0 Å². The van der Waals surface area contributed by atoms with Crippen molar-refractivity contribution in [1.82, 2.24) is 5.32 Å². The van der Waals surface area contributed by atoms with Crippen LogP contribution in [0.5, 0.6) is 5.75 Å². The molecule has 1 aromatic carbocycles. The highest BCUT2D eigenvalue weighted by Crippen LogP contribution is 2.17. The minimum absolute atomic E-state index is 0.0542. The van der Waals surface area contributed by atoms with Gasteiger partial charge < -0.3 is 15.8 Å². The lowest BCUT2D eigenvalue weighted by Crippen LogP contribution is -2.40. The van der Waals surface area contributed by atoms with Crippen LogP contribution < -0.4 is 15.8 Å². The van der Waals surface area contributed by atoms with E-state index in [2.05, 4.69) is 5.32 Å². The second kappa shape index (κ2) is 6.15. The molecule has 0 spiro atoms. The summed E-state index contributed by atoms with van der Waals surface area (Å²) in [6, 6.07) is 2.42. The van der Waals surface area contributed by atoms with E-state index in [9.17, 15) is 13.6 Å². The highest BCUT2D eigenvalue weighted by Gasteiger charge is 2.07. The summed E-state index contributed by atoms with van der Waals surface area (Å²) in [6.45, 7) is 1.84. The number of amides is 1. The maximum Gasteiger partial charge on any atom is 0.236 e. The van der Waals surface area contributed by atoms with Crippen LogP contribution in [-0.2, 0) is 4.79 Å². The van der Waals surface area contributed by atoms with Gasteiger partial charge in [-0.05, 0) is 19.1 Å². The number of nitrogens with one attached hydrogen (secondary N) is 1. The molecule has 0 aromatic heterocycles. The van der Waals surface area contributed by atoms with Crippen LogP contribution in [0.2, 0.25) is 0 Å². The molecule has 4 nitrogen and oxygen atoms in total. The molecule has 1 amide bonds. The number of hydrogen-bond donors (Lipinski definition) is 2. The lowest BCUT2D eigenvalue weighted by molar-refractivity contribution is -0.122. The van der Waals surface area contributed by atoms with Crippen LogP contribution in [0.3, 0.4) is 0 Å². The van der Waals surface area contributed by atoms with Crippen LogP contribution in [-0.4, -0.2) is 25.1 Å². The fourth-order valence-electron chi connectivity index (χ4n) is 1.09. The molecule has 0 bridgehead atoms. The summed E-state index contributed by atoms with van der Waals surface area (Å²) < 4.78 is 30.7. The third-order valence-electron chi connectivity index (χ3n) is 1.97. The van der Waals surface area contributed by atoms with Crippen LogP contribution in [0.25, 0.3) is 0 Å². The molecule has 1 atom stereocenters. The Balaban J connectivity index is 2.34. The van der Waals surface area contributed by atoms with Crippen LogP contribution in [0, 0.1) is 11.6 Å². The molecule has 0 saturated carbocycles. The minimum atomic E-state index is -0.775. The van der Waals surface area contributed by atoms with E-state index in [1.807, 2.05) is 0 Å². The van der Waals surface area contributed by atoms with Crippen molar-refractivity contribution in [2.75, 3.05) is 13.2 Å². The Hall–Kier alpha value is -1.69. The van der Waals surface area contributed by atoms with Gasteiger partial charge in [-0.25, -0.2) is 8.78 Å². The molecule has 0 saturated heterocycles. The van der Waals surface area contributed by atoms with Crippen molar-refractivity contribution in [1.29, 1.82) is 0 Å². The molecule has 0 unspecified atom stereocenters. The molecule has 0 radical (unpaired) electrons. The summed E-state index contributed by atoms with van der Waals surface area (Å²) >= 11 is 0. The maximum absolute atomic E-state index is 13.1. The third-order valence-corrected chi connectivity index (χ3v) is 1.97. The number of benzene rings is 1. The molecule has 0 aliphatic rings. The van der Waals surface area contributed by atoms with Crippen LogP contribution in [0.1, 0.15) is 6.92 Å². The normalized spacial score (nSPS) is 12.0. The Morgan fingerprint density at radius 3 is 2.82 bits per heavy atom. The maximum atomic E-state index is 13.1. The van der Waals surface area contributed by atoms with Crippen molar-refractivity contribution in [2.45, 2.75) is 13.0 Å². The number of hydrogen-bond acceptors (Lipinski definition) is 3. The fourth-order valence-corrected chi connectivity index (χ4v) is 1.09. The summed E-state index contributed by atoms with van der Waals surface area (Å²) in [5.41, 5.74) is 5.32. The summed E-state index contributed by atoms with van der Waals surface area (Å²) in [4.78, 5) is 11.1. The van der Waals surface area contributed by atoms with Gasteiger partial charge in [0.2, 0.25) is 5.91 Å². The molecule has 1 rings (SSSR count). The molecule has 6 heteroatoms. The number of carbonyl (C=O) groups excluding carboxylic acids is 1. The Bertz CT molecular complexity index is 397. The van der Waals surface area contributed by atoms with E-state index in [4.69, 9.17) is 10.5 Å². The van der Waals surface area contributed by atoms with Crippen molar-refractivity contribution in [3.8, 4) is 5.75 Å². The van der Waals surface area contributed by atoms with Gasteiger partial charge in [-0.15, -0.1) is 0 Å². The van der Waals surface area contributed by atoms with Crippen molar-refractivity contribution in [2.24, 2.45) is 5.73 Å². The Morgan fingerprint density at radius 2 is 2.24 bits per heavy atom. The lowest BCUT2D eigenvalue weighted by Gasteiger charge is -2.09. The van der Waals surface area contributed by atoms with Gasteiger partial charge in [0, 0.05) is 6.07 Å². The van der Waals surface area contributed by atoms with Gasteiger partial charge >= 0.3 is 0 Å². The lowest BCUT2D eigenvalue weighted by atomic mass is 10.3. The zero-order chi connectivity index (χ0) is 12.8. The largest absolute Gasteiger partial charge is 0.489 e. The smallest absolute Gasteiger partial charge is 0.236 e. The Morgan fingerprint density at radius 1 is 1.53 bits per heavy atom. The number of rotatable bonds is 5. The first-order valence-corrected chi connectivity index (χ1v) is 5.12. The predicted octanol–water partition coefficient (Wildman–Crippen LogP) is 0.807. The van der Waals surface area contributed by atoms with Crippen molar-refractivity contribution < 1.29 is 18.3 Å². The fraction of sp³-hybridized carbons (Fsp3) is 0.364. The van der Waals surface area contributed by atoms with Crippen molar-refractivity contribution in [3.05, 3.63) is 29.8 Å². The number of ether oxygens (including phenoxy) is 1. The van der Waals surface area contributed by atoms with Crippen molar-refractivity contribution >= 4 is 5.91 Å². The highest BCUT2D eigenvalue weighted by molar-refractivity contribution is 5.80. The molecule has 0 heterocycles. The van der Waals surface area contributed by atoms with Gasteiger partial charge in [-0.1, -0.05) is 0 Å². The van der Waals surface area contributed by atoms with Gasteiger partial charge in [0.05, 0.1) is 12.6 Å². The zero-order valence-electron chi connectivity index (χ0n) is 9.37. The van der Waals surface area contributed by atoms with Gasteiger partial charge in [0.15, 0.2) is 11.6 Å². The van der Waals surface area contributed by atoms with Crippen molar-refractivity contribution in [3.63, 3.8) is 0 Å². The molecule has 3 N–H and O–H groups in total. The predicted molar refractivity (Wildman–Crippen MR) is 58.5 cm³/mol. The van der Waals surface area contributed by atoms with Crippen LogP contribution >= 0.6 is 0 Å². The molecule has 0 aliphatic carbocycles. The third kappa shape index (κ3) is 4.36. The quantitative estimate of drug-likeness (QED) is 0.753. The van der Waals surface area contributed by atoms with E-state index in [-0.39, 0.29) is 24.8 Å². The molecular formula is C11H14F2N2O2. The molecule has 0 aliphatic heterocycles. The van der Waals surface area contributed by atoms with Gasteiger partial charge in [-0.2, -0.15) is 0 Å². The molecular weight excluding hydrogens is 230 g/mol. The second-order valence-corrected chi connectivity index (χ2v) is 3.50. The summed E-state index contributed by atoms with van der Waals surface area (Å²) in [7, 11) is 0. The monoisotopic (exact) mass is 244 g/mol. The first kappa shape index (κ1) is 13.4. The van der Waals surface area contributed by atoms with E-state index in [1.54, 1.807) is 6.92 Å². The van der Waals surface area contributed by atoms with Gasteiger partial charge in [0.25, 0.3) is 0 Å². The average Bonchev–Trinajstić information content (AvgIpc) is 2.26. The first-order valence-electron chi connectivity index (χ1n) is 5.12. The summed E-state index contributed by atoms with van der Waals surface area (Å²) in [5, 5.41) is 2.50. The molecule has 0 fully saturated rings. The topological polar surface area (TPSA) is 64.4 Å². The average molecular weight is 244 g/mol. The van der Waals surface area contributed by atoms with E-state index in [0.717, 1.165) is 12.1 Å². The Kier molecular flexibility index (Phi) is 4.84. The summed E-state index contributed by atoms with van der Waals surface area (Å²) in [5.74, 6) is -1.81. The van der Waals surface area contributed by atoms with E-state index < -0.39 is 17.7 Å². The number of nitrogens with two attached hydrogens (primary N) is 1. The SMILES string of the molecule is C[C@@H](N)C(=O)NCCOc1ccc(F)cc1F. The van der Waals surface area contributed by atoms with E-state index in [1.165, 1.54) is 6.07 Å². The number of carbonyl (C=O) groups is 1. The van der Waals surface area contributed by atoms with Crippen LogP contribution in [0.4, 0.5) is 8.78 Å². The second-order valence-electron chi connectivity index (χ2n) is 3.50. The first-order chi connectivity index (χ1) is 8.00. The molecule has 17 heavy (non-hydrogen) atoms. The Labute approximate surface area is 97.8 Å². The minimum Gasteiger partial charge on any atom is -0.489 e. The zero-order valence-corrected chi connectivity index (χ0v) is 9.37. The van der Waals surface area contributed by atoms with Gasteiger partial charge in [-0.3, -0.25) is 4.79 Å². The molecule has 94 valence electrons. The van der Waals surface area contributed by atoms with Crippen LogP contribution in [0.15, 0.2) is 18.2 Å². The van der Waals surface area contributed by atoms with E-state index >= 15 is 0 Å². The molecule has 1 aromatic rings. The summed E-state index contributed by atoms with van der Waals surface area (Å²) in [6.07, 6.45) is 0. The van der Waals surface area contributed by atoms with Gasteiger partial charge in [0.1, 0.15) is 12.4 Å². The highest BCUT2D eigenvalue weighted by atomic mass is 19.1. The standard InChI is InChI=1S/C11H14F2N2O2/c1-7(14)11(16)15-4-5-17-10-3-2-8(12)6-9(10)13/h2-3,6-7H,4-5,14H2,1H3,(H,15,16)/t7-/m1/s1. The number of halogens is 2.